The summed E-state index contributed by atoms with van der Waals surface area (Å²) in [5.41, 5.74) is 1.79. The predicted molar refractivity (Wildman–Crippen MR) is 126 cm³/mol. The normalized spacial score (nSPS) is 13.8. The Morgan fingerprint density at radius 3 is 2.88 bits per heavy atom. The summed E-state index contributed by atoms with van der Waals surface area (Å²) >= 11 is 8.91. The number of anilines is 1. The Kier molecular flexibility index (Phi) is 9.57. The van der Waals surface area contributed by atoms with Crippen LogP contribution in [0.3, 0.4) is 0 Å². The first-order valence-corrected chi connectivity index (χ1v) is 12.0. The van der Waals surface area contributed by atoms with Crippen LogP contribution in [0.4, 0.5) is 10.2 Å². The van der Waals surface area contributed by atoms with Crippen molar-refractivity contribution in [3.05, 3.63) is 50.6 Å². The monoisotopic (exact) mass is 558 g/mol. The summed E-state index contributed by atoms with van der Waals surface area (Å²) in [5.74, 6) is -2.36. The number of aliphatic hydroxyl groups is 1. The Labute approximate surface area is 209 Å². The number of rotatable bonds is 11. The third-order valence-electron chi connectivity index (χ3n) is 5.38. The lowest BCUT2D eigenvalue weighted by Gasteiger charge is -2.27. The molecule has 3 rings (SSSR count). The molecule has 0 spiro atoms. The molecule has 1 aliphatic heterocycles. The van der Waals surface area contributed by atoms with Gasteiger partial charge < -0.3 is 20.4 Å². The molecular weight excluding hydrogens is 535 g/mol. The number of hydroxylamine groups is 2. The van der Waals surface area contributed by atoms with Crippen LogP contribution in [0.15, 0.2) is 22.8 Å². The molecule has 0 radical (unpaired) electrons. The molecule has 0 amide bonds. The van der Waals surface area contributed by atoms with Crippen molar-refractivity contribution in [2.24, 2.45) is 0 Å². The number of hydrogen-bond donors (Lipinski definition) is 3. The lowest BCUT2D eigenvalue weighted by Crippen LogP contribution is -2.43. The molecule has 0 saturated heterocycles. The van der Waals surface area contributed by atoms with Crippen molar-refractivity contribution in [3.8, 4) is 0 Å². The standard InChI is InChI=1S/C22H25BrClFN4O5/c23-18-17(15(24)12-27-19(18)25)22(33)34-29(16(8-11-30)21(31)32)10-2-1-5-14-7-6-13-4-3-9-26-20(13)28-14/h6-7,12,16,30H,1-5,8-11H2,(H,26,28)(H,31,32)/t16-/m0/s1. The van der Waals surface area contributed by atoms with E-state index in [-0.39, 0.29) is 28.0 Å². The van der Waals surface area contributed by atoms with E-state index in [9.17, 15) is 24.2 Å². The maximum atomic E-state index is 13.8. The lowest BCUT2D eigenvalue weighted by atomic mass is 10.1. The van der Waals surface area contributed by atoms with E-state index in [1.165, 1.54) is 5.56 Å². The molecule has 184 valence electrons. The lowest BCUT2D eigenvalue weighted by molar-refractivity contribution is -0.174. The molecule has 3 heterocycles. The van der Waals surface area contributed by atoms with Gasteiger partial charge in [-0.1, -0.05) is 17.7 Å². The summed E-state index contributed by atoms with van der Waals surface area (Å²) < 4.78 is 13.5. The van der Waals surface area contributed by atoms with Crippen molar-refractivity contribution in [2.75, 3.05) is 25.0 Å². The van der Waals surface area contributed by atoms with Crippen molar-refractivity contribution in [3.63, 3.8) is 0 Å². The Morgan fingerprint density at radius 1 is 1.35 bits per heavy atom. The van der Waals surface area contributed by atoms with Gasteiger partial charge in [-0.3, -0.25) is 4.79 Å². The molecular formula is C22H25BrClFN4O5. The quantitative estimate of drug-likeness (QED) is 0.215. The van der Waals surface area contributed by atoms with E-state index in [1.54, 1.807) is 0 Å². The third-order valence-corrected chi connectivity index (χ3v) is 6.39. The number of fused-ring (bicyclic) bond motifs is 1. The first-order chi connectivity index (χ1) is 16.3. The molecule has 1 atom stereocenters. The molecule has 2 aromatic rings. The summed E-state index contributed by atoms with van der Waals surface area (Å²) in [6, 6.07) is 2.76. The molecule has 1 aliphatic rings. The maximum Gasteiger partial charge on any atom is 0.359 e. The van der Waals surface area contributed by atoms with Crippen molar-refractivity contribution in [2.45, 2.75) is 44.6 Å². The fraction of sp³-hybridized carbons (Fsp3) is 0.455. The smallest absolute Gasteiger partial charge is 0.359 e. The van der Waals surface area contributed by atoms with Crippen molar-refractivity contribution in [1.82, 2.24) is 15.0 Å². The molecule has 0 bridgehead atoms. The zero-order valence-electron chi connectivity index (χ0n) is 18.3. The first-order valence-electron chi connectivity index (χ1n) is 10.9. The highest BCUT2D eigenvalue weighted by Gasteiger charge is 2.30. The number of carboxylic acids is 1. The van der Waals surface area contributed by atoms with Gasteiger partial charge in [0, 0.05) is 31.6 Å². The number of carboxylic acid groups (broad SMARTS) is 1. The number of unbranched alkanes of at least 4 members (excludes halogenated alkanes) is 1. The average Bonchev–Trinajstić information content (AvgIpc) is 2.82. The molecule has 12 heteroatoms. The van der Waals surface area contributed by atoms with Crippen LogP contribution in [0.5, 0.6) is 0 Å². The van der Waals surface area contributed by atoms with Crippen molar-refractivity contribution in [1.29, 1.82) is 0 Å². The molecule has 0 saturated carbocycles. The van der Waals surface area contributed by atoms with Gasteiger partial charge in [-0.05, 0) is 66.1 Å². The predicted octanol–water partition coefficient (Wildman–Crippen LogP) is 3.62. The van der Waals surface area contributed by atoms with E-state index in [0.29, 0.717) is 19.3 Å². The summed E-state index contributed by atoms with van der Waals surface area (Å²) in [6.45, 7) is 0.548. The second kappa shape index (κ2) is 12.4. The van der Waals surface area contributed by atoms with Crippen LogP contribution < -0.4 is 5.32 Å². The summed E-state index contributed by atoms with van der Waals surface area (Å²) in [6.07, 6.45) is 4.66. The van der Waals surface area contributed by atoms with Gasteiger partial charge >= 0.3 is 11.9 Å². The number of nitrogens with zero attached hydrogens (tertiary/aromatic N) is 3. The number of aromatic nitrogens is 2. The largest absolute Gasteiger partial charge is 0.480 e. The van der Waals surface area contributed by atoms with Crippen LogP contribution >= 0.6 is 27.5 Å². The van der Waals surface area contributed by atoms with Gasteiger partial charge in [0.25, 0.3) is 0 Å². The van der Waals surface area contributed by atoms with Gasteiger partial charge in [0.05, 0.1) is 9.50 Å². The second-order valence-electron chi connectivity index (χ2n) is 7.77. The van der Waals surface area contributed by atoms with Gasteiger partial charge in [0.1, 0.15) is 17.4 Å². The minimum absolute atomic E-state index is 0.0781. The number of aliphatic carboxylic acids is 1. The van der Waals surface area contributed by atoms with Gasteiger partial charge in [0.2, 0.25) is 5.95 Å². The van der Waals surface area contributed by atoms with E-state index >= 15 is 0 Å². The highest BCUT2D eigenvalue weighted by atomic mass is 79.9. The molecule has 3 N–H and O–H groups in total. The van der Waals surface area contributed by atoms with Gasteiger partial charge in [-0.2, -0.15) is 4.39 Å². The first kappa shape index (κ1) is 26.3. The zero-order valence-corrected chi connectivity index (χ0v) is 20.6. The molecule has 0 fully saturated rings. The van der Waals surface area contributed by atoms with E-state index in [2.05, 4.69) is 37.3 Å². The van der Waals surface area contributed by atoms with Crippen LogP contribution in [0.1, 0.15) is 47.3 Å². The Morgan fingerprint density at radius 2 is 2.15 bits per heavy atom. The summed E-state index contributed by atoms with van der Waals surface area (Å²) in [5, 5.41) is 23.0. The minimum atomic E-state index is -1.29. The SMILES string of the molecule is O=C(ON(CCCCc1ccc2c(n1)NCCC2)[C@@H](CCO)C(=O)O)c1c(Cl)cnc(F)c1Br. The van der Waals surface area contributed by atoms with E-state index in [4.69, 9.17) is 16.4 Å². The van der Waals surface area contributed by atoms with Crippen molar-refractivity contribution < 1.29 is 29.0 Å². The molecule has 0 aromatic carbocycles. The highest BCUT2D eigenvalue weighted by molar-refractivity contribution is 9.10. The number of aryl methyl sites for hydroxylation is 2. The summed E-state index contributed by atoms with van der Waals surface area (Å²) in [4.78, 5) is 37.9. The number of aliphatic hydroxyl groups excluding tert-OH is 1. The number of hydrogen-bond acceptors (Lipinski definition) is 8. The van der Waals surface area contributed by atoms with Crippen LogP contribution in [-0.4, -0.2) is 62.9 Å². The van der Waals surface area contributed by atoms with Crippen LogP contribution in [-0.2, 0) is 22.5 Å². The Bertz CT molecular complexity index is 1040. The molecule has 0 aliphatic carbocycles. The molecule has 0 unspecified atom stereocenters. The van der Waals surface area contributed by atoms with Crippen LogP contribution in [0.2, 0.25) is 5.02 Å². The van der Waals surface area contributed by atoms with Crippen molar-refractivity contribution >= 4 is 45.3 Å². The van der Waals surface area contributed by atoms with Crippen LogP contribution in [0, 0.1) is 5.95 Å². The van der Waals surface area contributed by atoms with Gasteiger partial charge in [0.15, 0.2) is 0 Å². The Balaban J connectivity index is 1.67. The minimum Gasteiger partial charge on any atom is -0.480 e. The summed E-state index contributed by atoms with van der Waals surface area (Å²) in [7, 11) is 0. The highest BCUT2D eigenvalue weighted by Crippen LogP contribution is 2.27. The van der Waals surface area contributed by atoms with Gasteiger partial charge in [-0.15, -0.1) is 5.06 Å². The molecule has 34 heavy (non-hydrogen) atoms. The average molecular weight is 560 g/mol. The fourth-order valence-corrected chi connectivity index (χ4v) is 4.45. The number of carbonyl (C=O) groups excluding carboxylic acids is 1. The van der Waals surface area contributed by atoms with E-state index in [1.807, 2.05) is 6.07 Å². The third kappa shape index (κ3) is 6.62. The molecule has 9 nitrogen and oxygen atoms in total. The zero-order chi connectivity index (χ0) is 24.7. The topological polar surface area (TPSA) is 125 Å². The number of pyridine rings is 2. The number of halogens is 3. The second-order valence-corrected chi connectivity index (χ2v) is 8.97. The Hall–Kier alpha value is -2.34. The number of nitrogens with one attached hydrogen (secondary N) is 1. The fourth-order valence-electron chi connectivity index (χ4n) is 3.64. The van der Waals surface area contributed by atoms with E-state index < -0.39 is 30.5 Å². The molecule has 2 aromatic heterocycles. The van der Waals surface area contributed by atoms with Gasteiger partial charge in [-0.25, -0.2) is 14.8 Å². The van der Waals surface area contributed by atoms with E-state index in [0.717, 1.165) is 42.2 Å². The van der Waals surface area contributed by atoms with Crippen LogP contribution in [0.25, 0.3) is 0 Å². The maximum absolute atomic E-state index is 13.8. The number of carbonyl (C=O) groups is 2.